The van der Waals surface area contributed by atoms with Crippen molar-refractivity contribution in [2.24, 2.45) is 0 Å². The second-order valence-corrected chi connectivity index (χ2v) is 4.15. The van der Waals surface area contributed by atoms with Crippen molar-refractivity contribution in [3.8, 4) is 0 Å². The summed E-state index contributed by atoms with van der Waals surface area (Å²) in [6.07, 6.45) is 0. The molecule has 1 unspecified atom stereocenters. The zero-order valence-electron chi connectivity index (χ0n) is 8.08. The van der Waals surface area contributed by atoms with Gasteiger partial charge in [0, 0.05) is 9.26 Å². The molecular formula is C10H12INO2. The Hall–Kier alpha value is -0.780. The average molecular weight is 305 g/mol. The summed E-state index contributed by atoms with van der Waals surface area (Å²) in [4.78, 5) is 11.1. The molecule has 0 aromatic heterocycles. The van der Waals surface area contributed by atoms with Crippen LogP contribution in [0.2, 0.25) is 0 Å². The Bertz CT molecular complexity index is 328. The van der Waals surface area contributed by atoms with Crippen LogP contribution in [0.1, 0.15) is 6.92 Å². The fourth-order valence-electron chi connectivity index (χ4n) is 1.06. The maximum Gasteiger partial charge on any atom is 0.327 e. The molecule has 76 valence electrons. The summed E-state index contributed by atoms with van der Waals surface area (Å²) in [5.41, 5.74) is 0.926. The summed E-state index contributed by atoms with van der Waals surface area (Å²) >= 11 is 2.22. The summed E-state index contributed by atoms with van der Waals surface area (Å²) in [5.74, 6) is -0.260. The largest absolute Gasteiger partial charge is 0.467 e. The number of halogens is 1. The Labute approximate surface area is 97.0 Å². The van der Waals surface area contributed by atoms with Crippen LogP contribution in [-0.2, 0) is 9.53 Å². The number of ether oxygens (including phenoxy) is 1. The van der Waals surface area contributed by atoms with Crippen LogP contribution >= 0.6 is 22.6 Å². The normalized spacial score (nSPS) is 11.9. The third kappa shape index (κ3) is 3.17. The predicted molar refractivity (Wildman–Crippen MR) is 64.3 cm³/mol. The van der Waals surface area contributed by atoms with E-state index >= 15 is 0 Å². The SMILES string of the molecule is COC(=O)C(C)Nc1cccc(I)c1. The zero-order chi connectivity index (χ0) is 10.6. The standard InChI is InChI=1S/C10H12INO2/c1-7(10(13)14-2)12-9-5-3-4-8(11)6-9/h3-7,12H,1-2H3. The molecule has 0 amide bonds. The fraction of sp³-hybridized carbons (Fsp3) is 0.300. The molecule has 0 radical (unpaired) electrons. The maximum atomic E-state index is 11.1. The van der Waals surface area contributed by atoms with E-state index in [1.165, 1.54) is 7.11 Å². The Morgan fingerprint density at radius 3 is 2.86 bits per heavy atom. The van der Waals surface area contributed by atoms with Crippen LogP contribution in [0.3, 0.4) is 0 Å². The second kappa shape index (κ2) is 5.19. The van der Waals surface area contributed by atoms with Gasteiger partial charge in [-0.15, -0.1) is 0 Å². The molecule has 0 saturated carbocycles. The van der Waals surface area contributed by atoms with Crippen molar-refractivity contribution in [3.05, 3.63) is 27.8 Å². The highest BCUT2D eigenvalue weighted by molar-refractivity contribution is 14.1. The van der Waals surface area contributed by atoms with Crippen molar-refractivity contribution in [2.45, 2.75) is 13.0 Å². The third-order valence-electron chi connectivity index (χ3n) is 1.76. The van der Waals surface area contributed by atoms with E-state index in [1.807, 2.05) is 24.3 Å². The lowest BCUT2D eigenvalue weighted by molar-refractivity contribution is -0.141. The van der Waals surface area contributed by atoms with Crippen molar-refractivity contribution >= 4 is 34.2 Å². The Balaban J connectivity index is 2.64. The van der Waals surface area contributed by atoms with E-state index in [2.05, 4.69) is 32.6 Å². The maximum absolute atomic E-state index is 11.1. The van der Waals surface area contributed by atoms with Crippen molar-refractivity contribution in [1.82, 2.24) is 0 Å². The van der Waals surface area contributed by atoms with E-state index in [0.29, 0.717) is 0 Å². The van der Waals surface area contributed by atoms with Crippen molar-refractivity contribution in [1.29, 1.82) is 0 Å². The first-order valence-corrected chi connectivity index (χ1v) is 5.31. The van der Waals surface area contributed by atoms with E-state index in [9.17, 15) is 4.79 Å². The highest BCUT2D eigenvalue weighted by Gasteiger charge is 2.11. The molecule has 4 heteroatoms. The number of nitrogens with one attached hydrogen (secondary N) is 1. The van der Waals surface area contributed by atoms with Gasteiger partial charge in [0.2, 0.25) is 0 Å². The van der Waals surface area contributed by atoms with Crippen molar-refractivity contribution in [2.75, 3.05) is 12.4 Å². The molecular weight excluding hydrogens is 293 g/mol. The summed E-state index contributed by atoms with van der Waals surface area (Å²) in [5, 5.41) is 3.05. The minimum atomic E-state index is -0.321. The van der Waals surface area contributed by atoms with E-state index in [1.54, 1.807) is 6.92 Å². The van der Waals surface area contributed by atoms with Crippen LogP contribution in [0.4, 0.5) is 5.69 Å². The molecule has 0 heterocycles. The number of carbonyl (C=O) groups is 1. The summed E-state index contributed by atoms with van der Waals surface area (Å²) in [6.45, 7) is 1.77. The van der Waals surface area contributed by atoms with Crippen LogP contribution in [-0.4, -0.2) is 19.1 Å². The Morgan fingerprint density at radius 2 is 2.29 bits per heavy atom. The van der Waals surface area contributed by atoms with E-state index in [4.69, 9.17) is 0 Å². The minimum absolute atomic E-state index is 0.260. The van der Waals surface area contributed by atoms with Crippen LogP contribution in [0.25, 0.3) is 0 Å². The number of carbonyl (C=O) groups excluding carboxylic acids is 1. The van der Waals surface area contributed by atoms with Crippen molar-refractivity contribution in [3.63, 3.8) is 0 Å². The first-order chi connectivity index (χ1) is 6.63. The van der Waals surface area contributed by atoms with Crippen molar-refractivity contribution < 1.29 is 9.53 Å². The highest BCUT2D eigenvalue weighted by atomic mass is 127. The monoisotopic (exact) mass is 305 g/mol. The minimum Gasteiger partial charge on any atom is -0.467 e. The molecule has 0 aliphatic rings. The molecule has 0 saturated heterocycles. The highest BCUT2D eigenvalue weighted by Crippen LogP contribution is 2.13. The zero-order valence-corrected chi connectivity index (χ0v) is 10.2. The predicted octanol–water partition coefficient (Wildman–Crippen LogP) is 2.26. The van der Waals surface area contributed by atoms with Gasteiger partial charge in [-0.3, -0.25) is 0 Å². The van der Waals surface area contributed by atoms with Gasteiger partial charge >= 0.3 is 5.97 Å². The molecule has 1 N–H and O–H groups in total. The van der Waals surface area contributed by atoms with Gasteiger partial charge in [0.25, 0.3) is 0 Å². The number of hydrogen-bond donors (Lipinski definition) is 1. The first kappa shape index (κ1) is 11.3. The van der Waals surface area contributed by atoms with Gasteiger partial charge in [-0.1, -0.05) is 6.07 Å². The number of benzene rings is 1. The van der Waals surface area contributed by atoms with Gasteiger partial charge in [0.15, 0.2) is 0 Å². The second-order valence-electron chi connectivity index (χ2n) is 2.90. The first-order valence-electron chi connectivity index (χ1n) is 4.23. The van der Waals surface area contributed by atoms with E-state index in [0.717, 1.165) is 9.26 Å². The third-order valence-corrected chi connectivity index (χ3v) is 2.43. The topological polar surface area (TPSA) is 38.3 Å². The molecule has 1 rings (SSSR count). The van der Waals surface area contributed by atoms with Crippen LogP contribution in [0, 0.1) is 3.57 Å². The van der Waals surface area contributed by atoms with Crippen LogP contribution < -0.4 is 5.32 Å². The number of methoxy groups -OCH3 is 1. The Morgan fingerprint density at radius 1 is 1.57 bits per heavy atom. The molecule has 3 nitrogen and oxygen atoms in total. The lowest BCUT2D eigenvalue weighted by Crippen LogP contribution is -2.27. The quantitative estimate of drug-likeness (QED) is 0.688. The van der Waals surface area contributed by atoms with E-state index in [-0.39, 0.29) is 12.0 Å². The smallest absolute Gasteiger partial charge is 0.327 e. The molecule has 0 spiro atoms. The summed E-state index contributed by atoms with van der Waals surface area (Å²) in [6, 6.07) is 7.50. The fourth-order valence-corrected chi connectivity index (χ4v) is 1.61. The molecule has 1 aromatic rings. The molecule has 0 bridgehead atoms. The summed E-state index contributed by atoms with van der Waals surface area (Å²) < 4.78 is 5.74. The van der Waals surface area contributed by atoms with Gasteiger partial charge in [0.05, 0.1) is 7.11 Å². The van der Waals surface area contributed by atoms with Gasteiger partial charge in [-0.05, 0) is 47.7 Å². The average Bonchev–Trinajstić information content (AvgIpc) is 2.16. The van der Waals surface area contributed by atoms with Crippen LogP contribution in [0.15, 0.2) is 24.3 Å². The number of esters is 1. The van der Waals surface area contributed by atoms with Gasteiger partial charge in [-0.25, -0.2) is 4.79 Å². The molecule has 14 heavy (non-hydrogen) atoms. The van der Waals surface area contributed by atoms with Gasteiger partial charge < -0.3 is 10.1 Å². The lowest BCUT2D eigenvalue weighted by Gasteiger charge is -2.12. The molecule has 0 aliphatic carbocycles. The van der Waals surface area contributed by atoms with Crippen LogP contribution in [0.5, 0.6) is 0 Å². The molecule has 0 fully saturated rings. The lowest BCUT2D eigenvalue weighted by atomic mass is 10.3. The molecule has 1 atom stereocenters. The number of hydrogen-bond acceptors (Lipinski definition) is 3. The van der Waals surface area contributed by atoms with Gasteiger partial charge in [-0.2, -0.15) is 0 Å². The summed E-state index contributed by atoms with van der Waals surface area (Å²) in [7, 11) is 1.38. The van der Waals surface area contributed by atoms with E-state index < -0.39 is 0 Å². The number of rotatable bonds is 3. The molecule has 1 aromatic carbocycles. The Kier molecular flexibility index (Phi) is 4.19. The molecule has 0 aliphatic heterocycles. The number of anilines is 1. The van der Waals surface area contributed by atoms with Gasteiger partial charge in [0.1, 0.15) is 6.04 Å².